The third-order valence-corrected chi connectivity index (χ3v) is 3.14. The summed E-state index contributed by atoms with van der Waals surface area (Å²) in [6, 6.07) is 5.49. The van der Waals surface area contributed by atoms with Gasteiger partial charge in [-0.1, -0.05) is 32.0 Å². The maximum atomic E-state index is 12.1. The number of amides is 1. The molecule has 0 spiro atoms. The average molecular weight is 264 g/mol. The van der Waals surface area contributed by atoms with Gasteiger partial charge in [0.1, 0.15) is 0 Å². The summed E-state index contributed by atoms with van der Waals surface area (Å²) in [5, 5.41) is 2.95. The minimum Gasteiger partial charge on any atom is -0.385 e. The quantitative estimate of drug-likeness (QED) is 0.829. The molecule has 0 radical (unpaired) electrons. The number of carbonyl (C=O) groups excluding carboxylic acids is 1. The van der Waals surface area contributed by atoms with Crippen molar-refractivity contribution in [2.24, 2.45) is 5.73 Å². The number of methoxy groups -OCH3 is 1. The molecular formula is C15H24N2O2. The molecule has 0 saturated heterocycles. The lowest BCUT2D eigenvalue weighted by Gasteiger charge is -2.18. The molecule has 1 atom stereocenters. The molecule has 0 fully saturated rings. The van der Waals surface area contributed by atoms with Crippen LogP contribution in [0.3, 0.4) is 0 Å². The van der Waals surface area contributed by atoms with Crippen LogP contribution < -0.4 is 11.1 Å². The molecular weight excluding hydrogens is 240 g/mol. The number of para-hydroxylation sites is 1. The lowest BCUT2D eigenvalue weighted by molar-refractivity contribution is -0.117. The highest BCUT2D eigenvalue weighted by atomic mass is 16.5. The van der Waals surface area contributed by atoms with Crippen LogP contribution in [0.5, 0.6) is 0 Å². The first-order valence-corrected chi connectivity index (χ1v) is 6.62. The number of nitrogens with two attached hydrogens (primary N) is 1. The van der Waals surface area contributed by atoms with Crippen molar-refractivity contribution in [1.82, 2.24) is 0 Å². The van der Waals surface area contributed by atoms with E-state index in [0.29, 0.717) is 18.9 Å². The Hall–Kier alpha value is -1.39. The van der Waals surface area contributed by atoms with Crippen LogP contribution in [-0.2, 0) is 9.53 Å². The van der Waals surface area contributed by atoms with E-state index >= 15 is 0 Å². The van der Waals surface area contributed by atoms with Crippen LogP contribution in [0.4, 0.5) is 5.69 Å². The minimum absolute atomic E-state index is 0.159. The molecule has 19 heavy (non-hydrogen) atoms. The van der Waals surface area contributed by atoms with Gasteiger partial charge in [-0.25, -0.2) is 0 Å². The summed E-state index contributed by atoms with van der Waals surface area (Å²) < 4.78 is 4.94. The molecule has 1 aromatic carbocycles. The summed E-state index contributed by atoms with van der Waals surface area (Å²) in [7, 11) is 1.60. The number of hydrogen-bond acceptors (Lipinski definition) is 3. The highest BCUT2D eigenvalue weighted by molar-refractivity contribution is 5.96. The minimum atomic E-state index is -0.542. The van der Waals surface area contributed by atoms with Gasteiger partial charge in [-0.05, 0) is 30.4 Å². The van der Waals surface area contributed by atoms with E-state index in [1.165, 1.54) is 0 Å². The Kier molecular flexibility index (Phi) is 5.99. The van der Waals surface area contributed by atoms with Crippen molar-refractivity contribution >= 4 is 11.6 Å². The van der Waals surface area contributed by atoms with Crippen LogP contribution in [0.15, 0.2) is 18.2 Å². The Morgan fingerprint density at radius 2 is 2.11 bits per heavy atom. The molecule has 3 N–H and O–H groups in total. The first-order chi connectivity index (χ1) is 8.97. The number of benzene rings is 1. The van der Waals surface area contributed by atoms with Crippen molar-refractivity contribution in [3.8, 4) is 0 Å². The fourth-order valence-corrected chi connectivity index (χ4v) is 1.93. The Balaban J connectivity index is 2.84. The third kappa shape index (κ3) is 4.33. The molecule has 1 aromatic rings. The lowest BCUT2D eigenvalue weighted by atomic mass is 9.98. The van der Waals surface area contributed by atoms with Gasteiger partial charge < -0.3 is 15.8 Å². The van der Waals surface area contributed by atoms with E-state index in [9.17, 15) is 4.79 Å². The molecule has 1 unspecified atom stereocenters. The second-order valence-corrected chi connectivity index (χ2v) is 5.07. The first kappa shape index (κ1) is 15.7. The van der Waals surface area contributed by atoms with Crippen molar-refractivity contribution in [2.45, 2.75) is 39.2 Å². The standard InChI is InChI=1S/C15H24N2O2/c1-10(2)12-7-5-6-11(3)14(12)17-15(18)13(16)8-9-19-4/h5-7,10,13H,8-9,16H2,1-4H3,(H,17,18). The van der Waals surface area contributed by atoms with Crippen molar-refractivity contribution < 1.29 is 9.53 Å². The summed E-state index contributed by atoms with van der Waals surface area (Å²) in [6.45, 7) is 6.69. The van der Waals surface area contributed by atoms with Crippen molar-refractivity contribution in [1.29, 1.82) is 0 Å². The molecule has 0 heterocycles. The molecule has 4 nitrogen and oxygen atoms in total. The van der Waals surface area contributed by atoms with Crippen LogP contribution in [0.2, 0.25) is 0 Å². The maximum absolute atomic E-state index is 12.1. The second kappa shape index (κ2) is 7.26. The molecule has 1 rings (SSSR count). The van der Waals surface area contributed by atoms with E-state index in [2.05, 4.69) is 19.2 Å². The average Bonchev–Trinajstić information content (AvgIpc) is 2.37. The number of ether oxygens (including phenoxy) is 1. The fourth-order valence-electron chi connectivity index (χ4n) is 1.93. The van der Waals surface area contributed by atoms with Crippen molar-refractivity contribution in [3.05, 3.63) is 29.3 Å². The summed E-state index contributed by atoms with van der Waals surface area (Å²) in [5.41, 5.74) is 8.91. The number of nitrogens with one attached hydrogen (secondary N) is 1. The van der Waals surface area contributed by atoms with Gasteiger partial charge in [0.2, 0.25) is 5.91 Å². The first-order valence-electron chi connectivity index (χ1n) is 6.62. The monoisotopic (exact) mass is 264 g/mol. The van der Waals surface area contributed by atoms with Gasteiger partial charge in [-0.3, -0.25) is 4.79 Å². The molecule has 0 aliphatic rings. The molecule has 0 aromatic heterocycles. The molecule has 0 bridgehead atoms. The maximum Gasteiger partial charge on any atom is 0.241 e. The van der Waals surface area contributed by atoms with Gasteiger partial charge in [0.15, 0.2) is 0 Å². The van der Waals surface area contributed by atoms with Crippen LogP contribution in [-0.4, -0.2) is 25.7 Å². The topological polar surface area (TPSA) is 64.3 Å². The van der Waals surface area contributed by atoms with Gasteiger partial charge in [-0.15, -0.1) is 0 Å². The lowest BCUT2D eigenvalue weighted by Crippen LogP contribution is -2.37. The Bertz CT molecular complexity index is 430. The van der Waals surface area contributed by atoms with E-state index in [-0.39, 0.29) is 5.91 Å². The summed E-state index contributed by atoms with van der Waals surface area (Å²) in [5.74, 6) is 0.193. The number of hydrogen-bond donors (Lipinski definition) is 2. The Morgan fingerprint density at radius 3 is 2.68 bits per heavy atom. The van der Waals surface area contributed by atoms with E-state index < -0.39 is 6.04 Å². The number of anilines is 1. The zero-order valence-electron chi connectivity index (χ0n) is 12.2. The second-order valence-electron chi connectivity index (χ2n) is 5.07. The van der Waals surface area contributed by atoms with E-state index in [1.54, 1.807) is 7.11 Å². The van der Waals surface area contributed by atoms with E-state index in [4.69, 9.17) is 10.5 Å². The SMILES string of the molecule is COCCC(N)C(=O)Nc1c(C)cccc1C(C)C. The van der Waals surface area contributed by atoms with Crippen LogP contribution in [0.25, 0.3) is 0 Å². The molecule has 1 amide bonds. The highest BCUT2D eigenvalue weighted by Gasteiger charge is 2.16. The van der Waals surface area contributed by atoms with Gasteiger partial charge in [0.05, 0.1) is 6.04 Å². The van der Waals surface area contributed by atoms with Crippen LogP contribution >= 0.6 is 0 Å². The summed E-state index contributed by atoms with van der Waals surface area (Å²) >= 11 is 0. The van der Waals surface area contributed by atoms with Crippen molar-refractivity contribution in [3.63, 3.8) is 0 Å². The molecule has 4 heteroatoms. The van der Waals surface area contributed by atoms with E-state index in [1.807, 2.05) is 25.1 Å². The Labute approximate surface area is 115 Å². The zero-order chi connectivity index (χ0) is 14.4. The fraction of sp³-hybridized carbons (Fsp3) is 0.533. The molecule has 0 aliphatic heterocycles. The molecule has 0 aliphatic carbocycles. The predicted octanol–water partition coefficient (Wildman–Crippen LogP) is 2.42. The zero-order valence-corrected chi connectivity index (χ0v) is 12.2. The molecule has 106 valence electrons. The van der Waals surface area contributed by atoms with E-state index in [0.717, 1.165) is 16.8 Å². The predicted molar refractivity (Wildman–Crippen MR) is 78.4 cm³/mol. The normalized spacial score (nSPS) is 12.5. The van der Waals surface area contributed by atoms with Gasteiger partial charge in [0.25, 0.3) is 0 Å². The van der Waals surface area contributed by atoms with Crippen LogP contribution in [0.1, 0.15) is 37.3 Å². The highest BCUT2D eigenvalue weighted by Crippen LogP contribution is 2.27. The largest absolute Gasteiger partial charge is 0.385 e. The summed E-state index contributed by atoms with van der Waals surface area (Å²) in [6.07, 6.45) is 0.519. The smallest absolute Gasteiger partial charge is 0.241 e. The van der Waals surface area contributed by atoms with Gasteiger partial charge in [-0.2, -0.15) is 0 Å². The van der Waals surface area contributed by atoms with Gasteiger partial charge >= 0.3 is 0 Å². The summed E-state index contributed by atoms with van der Waals surface area (Å²) in [4.78, 5) is 12.1. The number of aryl methyl sites for hydroxylation is 1. The van der Waals surface area contributed by atoms with Crippen molar-refractivity contribution in [2.75, 3.05) is 19.0 Å². The van der Waals surface area contributed by atoms with Crippen LogP contribution in [0, 0.1) is 6.92 Å². The number of carbonyl (C=O) groups is 1. The number of rotatable bonds is 6. The third-order valence-electron chi connectivity index (χ3n) is 3.14. The van der Waals surface area contributed by atoms with Gasteiger partial charge in [0, 0.05) is 19.4 Å². The Morgan fingerprint density at radius 1 is 1.42 bits per heavy atom. The molecule has 0 saturated carbocycles.